The van der Waals surface area contributed by atoms with Crippen LogP contribution in [0.4, 0.5) is 0 Å². The summed E-state index contributed by atoms with van der Waals surface area (Å²) in [6.07, 6.45) is 7.80. The van der Waals surface area contributed by atoms with Gasteiger partial charge in [-0.15, -0.1) is 0 Å². The van der Waals surface area contributed by atoms with Crippen molar-refractivity contribution in [3.05, 3.63) is 89.5 Å². The Labute approximate surface area is 175 Å². The van der Waals surface area contributed by atoms with E-state index in [1.807, 2.05) is 0 Å². The van der Waals surface area contributed by atoms with Crippen molar-refractivity contribution >= 4 is 16.3 Å². The molecule has 5 rings (SSSR count). The standard InChI is InChI=1S/C22H15.2ClH.Zr/c1-2-8-15(7-1)20-13-16-9-3-5-11-18(16)22-19-12-6-4-10-17(19)14-21(20)22;;;/h1-7,9-14H,8H2;2*1H;/q;;;+2/p-2. The molecule has 3 aromatic rings. The summed E-state index contributed by atoms with van der Waals surface area (Å²) < 4.78 is 0.550. The van der Waals surface area contributed by atoms with Gasteiger partial charge in [-0.3, -0.25) is 0 Å². The van der Waals surface area contributed by atoms with Crippen LogP contribution in [0.3, 0.4) is 0 Å². The van der Waals surface area contributed by atoms with Crippen LogP contribution < -0.4 is 24.8 Å². The molecular weight excluding hydrogens is 426 g/mol. The third-order valence-corrected chi connectivity index (χ3v) is 6.51. The van der Waals surface area contributed by atoms with Gasteiger partial charge in [0.15, 0.2) is 0 Å². The maximum absolute atomic E-state index is 2.41. The van der Waals surface area contributed by atoms with Gasteiger partial charge in [0.25, 0.3) is 0 Å². The van der Waals surface area contributed by atoms with Crippen LogP contribution in [0.1, 0.15) is 26.7 Å². The Balaban J connectivity index is 0.000000911. The molecule has 0 bridgehead atoms. The fourth-order valence-corrected chi connectivity index (χ4v) is 5.35. The molecule has 2 aliphatic rings. The van der Waals surface area contributed by atoms with Gasteiger partial charge in [0.2, 0.25) is 0 Å². The van der Waals surface area contributed by atoms with Gasteiger partial charge in [-0.05, 0) is 0 Å². The molecule has 0 saturated carbocycles. The Morgan fingerprint density at radius 1 is 0.880 bits per heavy atom. The summed E-state index contributed by atoms with van der Waals surface area (Å²) in [7, 11) is 0. The van der Waals surface area contributed by atoms with E-state index in [9.17, 15) is 0 Å². The minimum atomic E-state index is 0. The average Bonchev–Trinajstić information content (AvgIpc) is 3.22. The third kappa shape index (κ3) is 2.78. The summed E-state index contributed by atoms with van der Waals surface area (Å²) >= 11 is 1.58. The maximum atomic E-state index is 2.41. The summed E-state index contributed by atoms with van der Waals surface area (Å²) in [6.45, 7) is 0. The van der Waals surface area contributed by atoms with Gasteiger partial charge in [0.1, 0.15) is 0 Å². The van der Waals surface area contributed by atoms with Crippen molar-refractivity contribution in [2.75, 3.05) is 0 Å². The average molecular weight is 441 g/mol. The summed E-state index contributed by atoms with van der Waals surface area (Å²) in [6, 6.07) is 20.2. The predicted octanol–water partition coefficient (Wildman–Crippen LogP) is -0.192. The van der Waals surface area contributed by atoms with Gasteiger partial charge in [0.05, 0.1) is 0 Å². The SMILES string of the molecule is [Cl-].[Cl-].[Zr+2][CH]1c2ccccc2-c2c1c(C1=CC=CC1)cc1ccccc21. The Bertz CT molecular complexity index is 1020. The third-order valence-electron chi connectivity index (χ3n) is 5.04. The molecule has 0 heterocycles. The Morgan fingerprint density at radius 3 is 2.44 bits per heavy atom. The molecule has 0 spiro atoms. The Morgan fingerprint density at radius 2 is 1.64 bits per heavy atom. The molecule has 121 valence electrons. The van der Waals surface area contributed by atoms with Gasteiger partial charge in [-0.1, -0.05) is 0 Å². The molecular formula is C22H15Cl2Zr. The molecule has 0 radical (unpaired) electrons. The van der Waals surface area contributed by atoms with Gasteiger partial charge in [-0.2, -0.15) is 0 Å². The van der Waals surface area contributed by atoms with Crippen LogP contribution in [0, 0.1) is 0 Å². The van der Waals surface area contributed by atoms with Gasteiger partial charge in [-0.25, -0.2) is 0 Å². The van der Waals surface area contributed by atoms with Crippen molar-refractivity contribution in [1.29, 1.82) is 0 Å². The first-order chi connectivity index (χ1) is 11.3. The van der Waals surface area contributed by atoms with Crippen molar-refractivity contribution in [2.45, 2.75) is 10.0 Å². The van der Waals surface area contributed by atoms with Crippen molar-refractivity contribution in [3.63, 3.8) is 0 Å². The van der Waals surface area contributed by atoms with Crippen molar-refractivity contribution in [3.8, 4) is 11.1 Å². The van der Waals surface area contributed by atoms with E-state index in [4.69, 9.17) is 0 Å². The van der Waals surface area contributed by atoms with E-state index >= 15 is 0 Å². The molecule has 3 aromatic carbocycles. The van der Waals surface area contributed by atoms with E-state index in [1.54, 1.807) is 30.3 Å². The first-order valence-corrected chi connectivity index (χ1v) is 9.48. The number of halogens is 2. The number of fused-ring (bicyclic) bond motifs is 5. The predicted molar refractivity (Wildman–Crippen MR) is 93.0 cm³/mol. The second kappa shape index (κ2) is 7.24. The second-order valence-electron chi connectivity index (χ2n) is 6.28. The molecule has 1 atom stereocenters. The van der Waals surface area contributed by atoms with E-state index in [1.165, 1.54) is 38.6 Å². The fourth-order valence-electron chi connectivity index (χ4n) is 4.00. The van der Waals surface area contributed by atoms with E-state index < -0.39 is 0 Å². The monoisotopic (exact) mass is 439 g/mol. The summed E-state index contributed by atoms with van der Waals surface area (Å²) in [4.78, 5) is 0. The Kier molecular flexibility index (Phi) is 5.40. The van der Waals surface area contributed by atoms with E-state index in [-0.39, 0.29) is 24.8 Å². The summed E-state index contributed by atoms with van der Waals surface area (Å²) in [5, 5.41) is 2.75. The fraction of sp³-hybridized carbons (Fsp3) is 0.0909. The van der Waals surface area contributed by atoms with Crippen LogP contribution in [0.25, 0.3) is 27.5 Å². The molecule has 0 N–H and O–H groups in total. The first kappa shape index (κ1) is 18.6. The zero-order valence-corrected chi connectivity index (χ0v) is 17.4. The van der Waals surface area contributed by atoms with Crippen molar-refractivity contribution in [1.82, 2.24) is 0 Å². The number of hydrogen-bond donors (Lipinski definition) is 0. The molecule has 2 aliphatic carbocycles. The molecule has 0 aromatic heterocycles. The zero-order chi connectivity index (χ0) is 15.4. The van der Waals surface area contributed by atoms with Crippen LogP contribution in [-0.2, 0) is 24.7 Å². The molecule has 0 nitrogen and oxygen atoms in total. The first-order valence-electron chi connectivity index (χ1n) is 8.07. The van der Waals surface area contributed by atoms with Crippen LogP contribution in [-0.4, -0.2) is 0 Å². The number of allylic oxidation sites excluding steroid dienone is 4. The van der Waals surface area contributed by atoms with Gasteiger partial charge < -0.3 is 24.8 Å². The van der Waals surface area contributed by atoms with Crippen molar-refractivity contribution < 1.29 is 49.5 Å². The molecule has 0 saturated heterocycles. The van der Waals surface area contributed by atoms with Gasteiger partial charge in [0, 0.05) is 0 Å². The van der Waals surface area contributed by atoms with E-state index in [0.717, 1.165) is 6.42 Å². The van der Waals surface area contributed by atoms with Gasteiger partial charge >= 0.3 is 152 Å². The van der Waals surface area contributed by atoms with Crippen LogP contribution >= 0.6 is 0 Å². The normalized spacial score (nSPS) is 16.7. The number of hydrogen-bond acceptors (Lipinski definition) is 0. The van der Waals surface area contributed by atoms with E-state index in [2.05, 4.69) is 72.8 Å². The molecule has 25 heavy (non-hydrogen) atoms. The second-order valence-corrected chi connectivity index (χ2v) is 7.70. The van der Waals surface area contributed by atoms with Crippen LogP contribution in [0.2, 0.25) is 0 Å². The summed E-state index contributed by atoms with van der Waals surface area (Å²) in [5.74, 6) is 0. The molecule has 1 unspecified atom stereocenters. The number of benzene rings is 3. The topological polar surface area (TPSA) is 0 Å². The minimum absolute atomic E-state index is 0. The van der Waals surface area contributed by atoms with E-state index in [0.29, 0.717) is 3.63 Å². The molecule has 0 amide bonds. The van der Waals surface area contributed by atoms with Crippen LogP contribution in [0.15, 0.2) is 72.8 Å². The zero-order valence-electron chi connectivity index (χ0n) is 13.5. The van der Waals surface area contributed by atoms with Crippen LogP contribution in [0.5, 0.6) is 0 Å². The molecule has 3 heteroatoms. The number of rotatable bonds is 1. The quantitative estimate of drug-likeness (QED) is 0.491. The molecule has 0 aliphatic heterocycles. The van der Waals surface area contributed by atoms with Crippen molar-refractivity contribution in [2.24, 2.45) is 0 Å². The summed E-state index contributed by atoms with van der Waals surface area (Å²) in [5.41, 5.74) is 8.90. The Hall–Kier alpha value is -1.14. The molecule has 0 fully saturated rings.